The Labute approximate surface area is 157 Å². The average molecular weight is 453 g/mol. The fraction of sp³-hybridized carbons (Fsp3) is 0.0714. The number of nitrogens with zero attached hydrogens (tertiary/aromatic N) is 1. The lowest BCUT2D eigenvalue weighted by atomic mass is 10.3. The Morgan fingerprint density at radius 3 is 2.38 bits per heavy atom. The van der Waals surface area contributed by atoms with Gasteiger partial charge in [-0.15, -0.1) is 0 Å². The molecule has 6 nitrogen and oxygen atoms in total. The number of rotatable bonds is 5. The normalized spacial score (nSPS) is 11.2. The smallest absolute Gasteiger partial charge is 0.264 e. The number of nitrogens with one attached hydrogen (secondary N) is 1. The molecule has 0 spiro atoms. The van der Waals surface area contributed by atoms with E-state index in [-0.39, 0.29) is 20.6 Å². The Morgan fingerprint density at radius 2 is 1.79 bits per heavy atom. The van der Waals surface area contributed by atoms with Crippen molar-refractivity contribution in [3.63, 3.8) is 0 Å². The molecule has 0 saturated carbocycles. The summed E-state index contributed by atoms with van der Waals surface area (Å²) < 4.78 is 27.5. The average Bonchev–Trinajstić information content (AvgIpc) is 2.55. The van der Waals surface area contributed by atoms with Gasteiger partial charge in [0, 0.05) is 9.50 Å². The lowest BCUT2D eigenvalue weighted by molar-refractivity contribution is -0.119. The van der Waals surface area contributed by atoms with E-state index in [1.807, 2.05) is 5.43 Å². The van der Waals surface area contributed by atoms with Crippen LogP contribution in [0.3, 0.4) is 0 Å². The maximum absolute atomic E-state index is 12.9. The lowest BCUT2D eigenvalue weighted by Gasteiger charge is -2.24. The SMILES string of the molecule is NNC(=O)CN(c1cc(Cl)ccc1Cl)S(=O)(=O)c1ccc(Br)cc1. The third kappa shape index (κ3) is 4.20. The summed E-state index contributed by atoms with van der Waals surface area (Å²) in [6, 6.07) is 10.3. The summed E-state index contributed by atoms with van der Waals surface area (Å²) >= 11 is 15.3. The Kier molecular flexibility index (Phi) is 6.11. The number of anilines is 1. The molecule has 0 aromatic heterocycles. The zero-order valence-corrected chi connectivity index (χ0v) is 16.0. The minimum Gasteiger partial charge on any atom is -0.293 e. The molecule has 0 aliphatic heterocycles. The highest BCUT2D eigenvalue weighted by molar-refractivity contribution is 9.10. The number of carbonyl (C=O) groups is 1. The van der Waals surface area contributed by atoms with Crippen LogP contribution in [0.15, 0.2) is 51.8 Å². The predicted molar refractivity (Wildman–Crippen MR) is 97.5 cm³/mol. The van der Waals surface area contributed by atoms with Crippen LogP contribution < -0.4 is 15.6 Å². The second-order valence-electron chi connectivity index (χ2n) is 4.63. The number of halogens is 3. The fourth-order valence-corrected chi connectivity index (χ4v) is 4.02. The molecular formula is C14H12BrCl2N3O3S. The molecular weight excluding hydrogens is 441 g/mol. The van der Waals surface area contributed by atoms with Crippen LogP contribution in [0, 0.1) is 0 Å². The Morgan fingerprint density at radius 1 is 1.17 bits per heavy atom. The van der Waals surface area contributed by atoms with Gasteiger partial charge in [-0.05, 0) is 42.5 Å². The Balaban J connectivity index is 2.59. The van der Waals surface area contributed by atoms with Gasteiger partial charge in [0.25, 0.3) is 15.9 Å². The van der Waals surface area contributed by atoms with Gasteiger partial charge in [0.05, 0.1) is 15.6 Å². The van der Waals surface area contributed by atoms with E-state index in [2.05, 4.69) is 15.9 Å². The number of nitrogens with two attached hydrogens (primary N) is 1. The maximum atomic E-state index is 12.9. The highest BCUT2D eigenvalue weighted by Crippen LogP contribution is 2.33. The molecule has 128 valence electrons. The quantitative estimate of drug-likeness (QED) is 0.414. The minimum absolute atomic E-state index is 0.00781. The molecule has 3 N–H and O–H groups in total. The largest absolute Gasteiger partial charge is 0.293 e. The maximum Gasteiger partial charge on any atom is 0.264 e. The van der Waals surface area contributed by atoms with E-state index < -0.39 is 22.5 Å². The van der Waals surface area contributed by atoms with E-state index in [1.54, 1.807) is 12.1 Å². The fourth-order valence-electron chi connectivity index (χ4n) is 1.89. The molecule has 0 saturated heterocycles. The number of hydrazine groups is 1. The molecule has 0 heterocycles. The zero-order chi connectivity index (χ0) is 17.9. The van der Waals surface area contributed by atoms with Gasteiger partial charge in [0.15, 0.2) is 0 Å². The summed E-state index contributed by atoms with van der Waals surface area (Å²) in [5.41, 5.74) is 1.98. The van der Waals surface area contributed by atoms with Crippen molar-refractivity contribution in [1.82, 2.24) is 5.43 Å². The Hall–Kier alpha value is -1.32. The summed E-state index contributed by atoms with van der Waals surface area (Å²) in [7, 11) is -4.06. The third-order valence-electron chi connectivity index (χ3n) is 3.03. The van der Waals surface area contributed by atoms with E-state index in [1.165, 1.54) is 30.3 Å². The zero-order valence-electron chi connectivity index (χ0n) is 12.0. The molecule has 0 radical (unpaired) electrons. The van der Waals surface area contributed by atoms with Gasteiger partial charge in [-0.25, -0.2) is 14.3 Å². The molecule has 0 fully saturated rings. The summed E-state index contributed by atoms with van der Waals surface area (Å²) in [5.74, 6) is 4.38. The van der Waals surface area contributed by atoms with Crippen molar-refractivity contribution in [3.05, 3.63) is 57.0 Å². The van der Waals surface area contributed by atoms with E-state index in [4.69, 9.17) is 29.0 Å². The van der Waals surface area contributed by atoms with E-state index in [0.29, 0.717) is 4.47 Å². The van der Waals surface area contributed by atoms with Gasteiger partial charge < -0.3 is 0 Å². The molecule has 1 amide bonds. The van der Waals surface area contributed by atoms with Crippen LogP contribution in [0.1, 0.15) is 0 Å². The van der Waals surface area contributed by atoms with Crippen LogP contribution in [0.5, 0.6) is 0 Å². The van der Waals surface area contributed by atoms with Gasteiger partial charge in [-0.1, -0.05) is 39.1 Å². The first-order chi connectivity index (χ1) is 11.3. The van der Waals surface area contributed by atoms with Gasteiger partial charge in [-0.3, -0.25) is 14.5 Å². The molecule has 24 heavy (non-hydrogen) atoms. The van der Waals surface area contributed by atoms with E-state index in [0.717, 1.165) is 4.31 Å². The molecule has 2 aromatic rings. The van der Waals surface area contributed by atoms with Gasteiger partial charge in [0.2, 0.25) is 0 Å². The lowest BCUT2D eigenvalue weighted by Crippen LogP contribution is -2.43. The van der Waals surface area contributed by atoms with Gasteiger partial charge in [-0.2, -0.15) is 0 Å². The standard InChI is InChI=1S/C14H12BrCl2N3O3S/c15-9-1-4-11(5-2-9)24(22,23)20(8-14(21)19-18)13-7-10(16)3-6-12(13)17/h1-7H,8,18H2,(H,19,21). The number of hydrogen-bond acceptors (Lipinski definition) is 4. The topological polar surface area (TPSA) is 92.5 Å². The van der Waals surface area contributed by atoms with Crippen LogP contribution in [0.4, 0.5) is 5.69 Å². The van der Waals surface area contributed by atoms with Crippen molar-refractivity contribution in [2.75, 3.05) is 10.8 Å². The monoisotopic (exact) mass is 451 g/mol. The van der Waals surface area contributed by atoms with Crippen LogP contribution in [0.2, 0.25) is 10.0 Å². The minimum atomic E-state index is -4.06. The van der Waals surface area contributed by atoms with Crippen molar-refractivity contribution in [2.24, 2.45) is 5.84 Å². The van der Waals surface area contributed by atoms with Crippen molar-refractivity contribution in [3.8, 4) is 0 Å². The Bertz CT molecular complexity index is 860. The highest BCUT2D eigenvalue weighted by atomic mass is 79.9. The van der Waals surface area contributed by atoms with E-state index in [9.17, 15) is 13.2 Å². The first-order valence-corrected chi connectivity index (χ1v) is 9.47. The molecule has 2 rings (SSSR count). The van der Waals surface area contributed by atoms with Crippen LogP contribution in [-0.2, 0) is 14.8 Å². The highest BCUT2D eigenvalue weighted by Gasteiger charge is 2.28. The van der Waals surface area contributed by atoms with Crippen LogP contribution in [-0.4, -0.2) is 20.9 Å². The van der Waals surface area contributed by atoms with Gasteiger partial charge in [0.1, 0.15) is 6.54 Å². The van der Waals surface area contributed by atoms with E-state index >= 15 is 0 Å². The molecule has 0 unspecified atom stereocenters. The van der Waals surface area contributed by atoms with Crippen molar-refractivity contribution >= 4 is 60.7 Å². The number of amides is 1. The first kappa shape index (κ1) is 19.0. The second kappa shape index (κ2) is 7.71. The van der Waals surface area contributed by atoms with Crippen molar-refractivity contribution in [2.45, 2.75) is 4.90 Å². The predicted octanol–water partition coefficient (Wildman–Crippen LogP) is 2.94. The third-order valence-corrected chi connectivity index (χ3v) is 5.88. The van der Waals surface area contributed by atoms with Crippen LogP contribution in [0.25, 0.3) is 0 Å². The number of hydrogen-bond donors (Lipinski definition) is 2. The number of benzene rings is 2. The van der Waals surface area contributed by atoms with Crippen LogP contribution >= 0.6 is 39.1 Å². The summed E-state index contributed by atoms with van der Waals surface area (Å²) in [4.78, 5) is 11.7. The molecule has 0 aliphatic carbocycles. The number of carbonyl (C=O) groups excluding carboxylic acids is 1. The summed E-state index contributed by atoms with van der Waals surface area (Å²) in [5, 5.41) is 0.406. The number of sulfonamides is 1. The molecule has 0 bridgehead atoms. The summed E-state index contributed by atoms with van der Waals surface area (Å²) in [6.07, 6.45) is 0. The molecule has 0 aliphatic rings. The van der Waals surface area contributed by atoms with Crippen molar-refractivity contribution < 1.29 is 13.2 Å². The summed E-state index contributed by atoms with van der Waals surface area (Å²) in [6.45, 7) is -0.547. The molecule has 2 aromatic carbocycles. The first-order valence-electron chi connectivity index (χ1n) is 6.48. The second-order valence-corrected chi connectivity index (χ2v) is 8.25. The molecule has 0 atom stereocenters. The van der Waals surface area contributed by atoms with Crippen molar-refractivity contribution in [1.29, 1.82) is 0 Å². The molecule has 10 heteroatoms. The van der Waals surface area contributed by atoms with Gasteiger partial charge >= 0.3 is 0 Å².